The first-order valence-corrected chi connectivity index (χ1v) is 9.84. The fourth-order valence-corrected chi connectivity index (χ4v) is 3.87. The molecule has 0 unspecified atom stereocenters. The fraction of sp³-hybridized carbons (Fsp3) is 0.455. The molecule has 1 fully saturated rings. The Bertz CT molecular complexity index is 933. The molecule has 31 heavy (non-hydrogen) atoms. The van der Waals surface area contributed by atoms with Gasteiger partial charge in [-0.05, 0) is 5.56 Å². The van der Waals surface area contributed by atoms with Crippen LogP contribution in [0.5, 0.6) is 0 Å². The van der Waals surface area contributed by atoms with Crippen LogP contribution in [-0.2, 0) is 44.5 Å². The zero-order valence-corrected chi connectivity index (χ0v) is 17.5. The van der Waals surface area contributed by atoms with Crippen LogP contribution in [0, 0.1) is 0 Å². The van der Waals surface area contributed by atoms with Crippen LogP contribution in [0.1, 0.15) is 38.3 Å². The van der Waals surface area contributed by atoms with Gasteiger partial charge in [-0.3, -0.25) is 19.2 Å². The van der Waals surface area contributed by atoms with Crippen LogP contribution in [-0.4, -0.2) is 59.8 Å². The van der Waals surface area contributed by atoms with Crippen LogP contribution in [0.4, 0.5) is 0 Å². The predicted molar refractivity (Wildman–Crippen MR) is 106 cm³/mol. The highest BCUT2D eigenvalue weighted by molar-refractivity contribution is 6.04. The van der Waals surface area contributed by atoms with Crippen molar-refractivity contribution in [1.29, 1.82) is 0 Å². The third-order valence-electron chi connectivity index (χ3n) is 5.10. The second kappa shape index (κ2) is 9.30. The van der Waals surface area contributed by atoms with E-state index in [2.05, 4.69) is 0 Å². The fourth-order valence-electron chi connectivity index (χ4n) is 3.87. The Morgan fingerprint density at radius 1 is 0.968 bits per heavy atom. The Balaban J connectivity index is 1.83. The number of hydrogen-bond donors (Lipinski definition) is 1. The van der Waals surface area contributed by atoms with Crippen molar-refractivity contribution in [3.8, 4) is 0 Å². The summed E-state index contributed by atoms with van der Waals surface area (Å²) in [5.41, 5.74) is 1.66. The van der Waals surface area contributed by atoms with Crippen molar-refractivity contribution >= 4 is 29.5 Å². The van der Waals surface area contributed by atoms with Crippen molar-refractivity contribution < 1.29 is 43.2 Å². The van der Waals surface area contributed by atoms with Crippen molar-refractivity contribution in [2.45, 2.75) is 58.0 Å². The average Bonchev–Trinajstić information content (AvgIpc) is 3.02. The van der Waals surface area contributed by atoms with Crippen molar-refractivity contribution in [2.24, 2.45) is 0 Å². The minimum atomic E-state index is -1.17. The molecule has 1 saturated heterocycles. The number of aliphatic hydroxyl groups is 1. The molecular formula is C22H24O9. The smallest absolute Gasteiger partial charge is 0.303 e. The number of allylic oxidation sites excluding steroid dienone is 1. The Morgan fingerprint density at radius 2 is 1.58 bits per heavy atom. The van der Waals surface area contributed by atoms with Gasteiger partial charge in [0.2, 0.25) is 0 Å². The molecule has 0 saturated carbocycles. The quantitative estimate of drug-likeness (QED) is 0.528. The number of Topliss-reactive ketones (excluding diaryl/α,β-unsaturated/α-hetero) is 1. The minimum Gasteiger partial charge on any atom is -0.507 e. The Morgan fingerprint density at radius 3 is 2.19 bits per heavy atom. The molecule has 3 rings (SSSR count). The molecule has 9 heteroatoms. The van der Waals surface area contributed by atoms with Gasteiger partial charge < -0.3 is 24.1 Å². The summed E-state index contributed by atoms with van der Waals surface area (Å²) in [6, 6.07) is 7.14. The van der Waals surface area contributed by atoms with Crippen molar-refractivity contribution in [2.75, 3.05) is 6.61 Å². The first-order chi connectivity index (χ1) is 14.7. The molecule has 4 atom stereocenters. The summed E-state index contributed by atoms with van der Waals surface area (Å²) in [6.45, 7) is 3.37. The normalized spacial score (nSPS) is 24.9. The lowest BCUT2D eigenvalue weighted by atomic mass is 9.93. The van der Waals surface area contributed by atoms with Gasteiger partial charge in [-0.25, -0.2) is 0 Å². The van der Waals surface area contributed by atoms with E-state index in [0.717, 1.165) is 5.56 Å². The molecule has 9 nitrogen and oxygen atoms in total. The first-order valence-electron chi connectivity index (χ1n) is 9.84. The molecule has 0 radical (unpaired) electrons. The molecule has 1 aromatic carbocycles. The Kier molecular flexibility index (Phi) is 6.74. The van der Waals surface area contributed by atoms with E-state index in [1.807, 2.05) is 12.1 Å². The third kappa shape index (κ3) is 5.11. The van der Waals surface area contributed by atoms with Gasteiger partial charge in [-0.1, -0.05) is 24.3 Å². The molecule has 1 aromatic rings. The number of esters is 3. The molecule has 0 bridgehead atoms. The zero-order valence-electron chi connectivity index (χ0n) is 17.5. The summed E-state index contributed by atoms with van der Waals surface area (Å²) < 4.78 is 21.5. The highest BCUT2D eigenvalue weighted by Crippen LogP contribution is 2.33. The van der Waals surface area contributed by atoms with E-state index in [9.17, 15) is 24.3 Å². The highest BCUT2D eigenvalue weighted by atomic mass is 16.6. The van der Waals surface area contributed by atoms with E-state index in [-0.39, 0.29) is 36.6 Å². The molecular weight excluding hydrogens is 408 g/mol. The number of hydrogen-bond acceptors (Lipinski definition) is 9. The summed E-state index contributed by atoms with van der Waals surface area (Å²) in [7, 11) is 0. The van der Waals surface area contributed by atoms with E-state index in [4.69, 9.17) is 18.9 Å². The standard InChI is InChI=1S/C22H24O9/c1-11(23)29-19-10-28-18(21(30-12(2)24)22(19)31-13(3)25)9-17(26)16-8-14-6-4-5-7-15(14)20(16)27/h4-7,18-19,21-22,27H,8-10H2,1-3H3/t18-,19+,21-,22-/m0/s1. The van der Waals surface area contributed by atoms with Gasteiger partial charge in [0, 0.05) is 44.7 Å². The zero-order chi connectivity index (χ0) is 22.7. The molecule has 1 aliphatic heterocycles. The number of carbonyl (C=O) groups excluding carboxylic acids is 4. The maximum Gasteiger partial charge on any atom is 0.303 e. The van der Waals surface area contributed by atoms with E-state index in [0.29, 0.717) is 5.56 Å². The monoisotopic (exact) mass is 432 g/mol. The molecule has 1 N–H and O–H groups in total. The lowest BCUT2D eigenvalue weighted by Crippen LogP contribution is -2.57. The van der Waals surface area contributed by atoms with E-state index in [1.54, 1.807) is 12.1 Å². The number of ether oxygens (including phenoxy) is 4. The molecule has 0 aromatic heterocycles. The van der Waals surface area contributed by atoms with E-state index < -0.39 is 42.3 Å². The second-order valence-electron chi connectivity index (χ2n) is 7.46. The van der Waals surface area contributed by atoms with Crippen LogP contribution in [0.25, 0.3) is 5.76 Å². The summed E-state index contributed by atoms with van der Waals surface area (Å²) in [4.78, 5) is 47.7. The van der Waals surface area contributed by atoms with Crippen LogP contribution < -0.4 is 0 Å². The van der Waals surface area contributed by atoms with E-state index >= 15 is 0 Å². The minimum absolute atomic E-state index is 0.0882. The third-order valence-corrected chi connectivity index (χ3v) is 5.10. The van der Waals surface area contributed by atoms with E-state index in [1.165, 1.54) is 20.8 Å². The van der Waals surface area contributed by atoms with Gasteiger partial charge in [-0.15, -0.1) is 0 Å². The van der Waals surface area contributed by atoms with Gasteiger partial charge in [0.25, 0.3) is 0 Å². The topological polar surface area (TPSA) is 125 Å². The number of benzene rings is 1. The Hall–Kier alpha value is -3.20. The van der Waals surface area contributed by atoms with Crippen LogP contribution >= 0.6 is 0 Å². The molecule has 2 aliphatic rings. The largest absolute Gasteiger partial charge is 0.507 e. The van der Waals surface area contributed by atoms with Crippen LogP contribution in [0.2, 0.25) is 0 Å². The second-order valence-corrected chi connectivity index (χ2v) is 7.46. The summed E-state index contributed by atoms with van der Waals surface area (Å²) in [5.74, 6) is -2.45. The van der Waals surface area contributed by atoms with Crippen LogP contribution in [0.15, 0.2) is 29.8 Å². The first kappa shape index (κ1) is 22.5. The highest BCUT2D eigenvalue weighted by Gasteiger charge is 2.47. The molecule has 1 aliphatic carbocycles. The van der Waals surface area contributed by atoms with Gasteiger partial charge in [0.15, 0.2) is 24.1 Å². The summed E-state index contributed by atoms with van der Waals surface area (Å²) in [6.07, 6.45) is -4.22. The van der Waals surface area contributed by atoms with Gasteiger partial charge >= 0.3 is 17.9 Å². The van der Waals surface area contributed by atoms with Gasteiger partial charge in [-0.2, -0.15) is 0 Å². The number of aliphatic hydroxyl groups excluding tert-OH is 1. The summed E-state index contributed by atoms with van der Waals surface area (Å²) in [5, 5.41) is 10.5. The van der Waals surface area contributed by atoms with Crippen molar-refractivity contribution in [3.05, 3.63) is 41.0 Å². The molecule has 1 heterocycles. The Labute approximate surface area is 178 Å². The summed E-state index contributed by atoms with van der Waals surface area (Å²) >= 11 is 0. The number of ketones is 1. The lowest BCUT2D eigenvalue weighted by molar-refractivity contribution is -0.225. The van der Waals surface area contributed by atoms with Crippen LogP contribution in [0.3, 0.4) is 0 Å². The lowest BCUT2D eigenvalue weighted by Gasteiger charge is -2.40. The SMILES string of the molecule is CC(=O)O[C@@H]1[C@@H](OC(C)=O)[C@H](OC(C)=O)CO[C@H]1CC(=O)C1=C(O)c2ccccc2C1. The van der Waals surface area contributed by atoms with Gasteiger partial charge in [0.1, 0.15) is 11.9 Å². The number of carbonyl (C=O) groups is 4. The van der Waals surface area contributed by atoms with Gasteiger partial charge in [0.05, 0.1) is 6.61 Å². The molecule has 0 amide bonds. The average molecular weight is 432 g/mol. The maximum atomic E-state index is 13.0. The van der Waals surface area contributed by atoms with Crippen molar-refractivity contribution in [1.82, 2.24) is 0 Å². The van der Waals surface area contributed by atoms with Crippen molar-refractivity contribution in [3.63, 3.8) is 0 Å². The predicted octanol–water partition coefficient (Wildman–Crippen LogP) is 1.66. The maximum absolute atomic E-state index is 13.0. The number of rotatable bonds is 6. The molecule has 0 spiro atoms. The molecule has 166 valence electrons. The number of fused-ring (bicyclic) bond motifs is 1.